The minimum Gasteiger partial charge on any atom is -0.497 e. The molecule has 0 aliphatic rings. The van der Waals surface area contributed by atoms with E-state index in [2.05, 4.69) is 5.32 Å². The first-order chi connectivity index (χ1) is 16.6. The van der Waals surface area contributed by atoms with E-state index in [1.165, 1.54) is 19.2 Å². The van der Waals surface area contributed by atoms with Crippen LogP contribution in [0, 0.1) is 13.8 Å². The smallest absolute Gasteiger partial charge is 0.211 e. The van der Waals surface area contributed by atoms with Gasteiger partial charge in [0.1, 0.15) is 20.5 Å². The quantitative estimate of drug-likeness (QED) is 0.270. The number of aryl methyl sites for hydroxylation is 2. The molecule has 0 fully saturated rings. The number of anilines is 3. The predicted octanol–water partition coefficient (Wildman–Crippen LogP) is 6.42. The van der Waals surface area contributed by atoms with Gasteiger partial charge in [0.05, 0.1) is 17.7 Å². The fourth-order valence-electron chi connectivity index (χ4n) is 3.68. The third-order valence-electron chi connectivity index (χ3n) is 5.57. The number of hydrogen-bond donors (Lipinski definition) is 2. The zero-order valence-corrected chi connectivity index (χ0v) is 21.6. The highest BCUT2D eigenvalue weighted by Crippen LogP contribution is 2.45. The number of hydrogen-bond acceptors (Lipinski definition) is 7. The Morgan fingerprint density at radius 1 is 0.971 bits per heavy atom. The summed E-state index contributed by atoms with van der Waals surface area (Å²) in [6.45, 7) is 3.84. The highest BCUT2D eigenvalue weighted by Gasteiger charge is 2.32. The molecule has 0 radical (unpaired) electrons. The Labute approximate surface area is 213 Å². The number of sulfone groups is 1. The molecule has 0 spiro atoms. The average molecular weight is 527 g/mol. The minimum atomic E-state index is -4.08. The lowest BCUT2D eigenvalue weighted by atomic mass is 10.1. The van der Waals surface area contributed by atoms with Gasteiger partial charge in [-0.15, -0.1) is 11.3 Å². The van der Waals surface area contributed by atoms with Crippen LogP contribution in [-0.2, 0) is 9.84 Å². The zero-order chi connectivity index (χ0) is 25.3. The number of nitrogens with one attached hydrogen (secondary N) is 1. The van der Waals surface area contributed by atoms with Crippen molar-refractivity contribution < 1.29 is 17.9 Å². The van der Waals surface area contributed by atoms with E-state index in [0.717, 1.165) is 28.2 Å². The van der Waals surface area contributed by atoms with Gasteiger partial charge in [0.2, 0.25) is 15.6 Å². The van der Waals surface area contributed by atoms with E-state index < -0.39 is 9.84 Å². The van der Waals surface area contributed by atoms with E-state index in [0.29, 0.717) is 16.3 Å². The van der Waals surface area contributed by atoms with Crippen LogP contribution in [0.15, 0.2) is 76.5 Å². The van der Waals surface area contributed by atoms with Gasteiger partial charge >= 0.3 is 0 Å². The van der Waals surface area contributed by atoms with Crippen molar-refractivity contribution in [3.05, 3.63) is 93.3 Å². The number of para-hydroxylation sites is 1. The molecule has 0 unspecified atom stereocenters. The number of rotatable bonds is 7. The van der Waals surface area contributed by atoms with Crippen molar-refractivity contribution in [1.29, 1.82) is 0 Å². The number of ketones is 1. The number of ether oxygens (including phenoxy) is 1. The number of carbonyl (C=O) groups excluding carboxylic acids is 1. The van der Waals surface area contributed by atoms with E-state index in [1.54, 1.807) is 36.4 Å². The third kappa shape index (κ3) is 4.77. The van der Waals surface area contributed by atoms with Crippen LogP contribution in [0.4, 0.5) is 16.4 Å². The molecular weight excluding hydrogens is 504 g/mol. The number of thiophene rings is 1. The number of methoxy groups -OCH3 is 1. The maximum absolute atomic E-state index is 13.8. The lowest BCUT2D eigenvalue weighted by molar-refractivity contribution is 0.104. The van der Waals surface area contributed by atoms with Crippen LogP contribution in [0.3, 0.4) is 0 Å². The number of nitrogen functional groups attached to an aromatic ring is 1. The number of carbonyl (C=O) groups is 1. The molecule has 6 nitrogen and oxygen atoms in total. The Hall–Kier alpha value is -3.33. The van der Waals surface area contributed by atoms with Gasteiger partial charge < -0.3 is 15.8 Å². The van der Waals surface area contributed by atoms with Crippen LogP contribution in [0.2, 0.25) is 5.02 Å². The van der Waals surface area contributed by atoms with Crippen LogP contribution in [0.5, 0.6) is 5.75 Å². The monoisotopic (exact) mass is 526 g/mol. The zero-order valence-electron chi connectivity index (χ0n) is 19.3. The van der Waals surface area contributed by atoms with Gasteiger partial charge in [-0.3, -0.25) is 4.79 Å². The standard InChI is InChI=1S/C26H23ClN2O4S2/c1-15-5-4-6-16(2)22(15)29-26-25(35(31,32)20-13-11-19(33-3)12-14-20)21(28)24(34-26)23(30)17-7-9-18(27)10-8-17/h4-14,29H,28H2,1-3H3. The van der Waals surface area contributed by atoms with Crippen molar-refractivity contribution in [1.82, 2.24) is 0 Å². The van der Waals surface area contributed by atoms with E-state index in [-0.39, 0.29) is 31.1 Å². The van der Waals surface area contributed by atoms with E-state index >= 15 is 0 Å². The van der Waals surface area contributed by atoms with E-state index in [1.807, 2.05) is 32.0 Å². The van der Waals surface area contributed by atoms with Crippen LogP contribution in [0.25, 0.3) is 0 Å². The molecule has 0 atom stereocenters. The summed E-state index contributed by atoms with van der Waals surface area (Å²) in [4.78, 5) is 13.4. The Bertz CT molecular complexity index is 1490. The van der Waals surface area contributed by atoms with Crippen molar-refractivity contribution in [2.24, 2.45) is 0 Å². The largest absolute Gasteiger partial charge is 0.497 e. The molecule has 0 saturated carbocycles. The van der Waals surface area contributed by atoms with E-state index in [9.17, 15) is 13.2 Å². The highest BCUT2D eigenvalue weighted by atomic mass is 35.5. The van der Waals surface area contributed by atoms with Gasteiger partial charge in [0, 0.05) is 16.3 Å². The Kier molecular flexibility index (Phi) is 6.89. The van der Waals surface area contributed by atoms with Crippen molar-refractivity contribution in [2.75, 3.05) is 18.2 Å². The molecule has 1 aromatic heterocycles. The maximum atomic E-state index is 13.8. The van der Waals surface area contributed by atoms with E-state index in [4.69, 9.17) is 22.1 Å². The summed E-state index contributed by atoms with van der Waals surface area (Å²) in [6.07, 6.45) is 0. The minimum absolute atomic E-state index is 0.0397. The van der Waals surface area contributed by atoms with Gasteiger partial charge in [-0.1, -0.05) is 29.8 Å². The van der Waals surface area contributed by atoms with Crippen LogP contribution in [0.1, 0.15) is 26.4 Å². The van der Waals surface area contributed by atoms with Gasteiger partial charge in [-0.2, -0.15) is 0 Å². The lowest BCUT2D eigenvalue weighted by Gasteiger charge is -2.14. The molecule has 0 aliphatic carbocycles. The van der Waals surface area contributed by atoms with Crippen molar-refractivity contribution in [3.63, 3.8) is 0 Å². The van der Waals surface area contributed by atoms with Gasteiger partial charge in [-0.25, -0.2) is 8.42 Å². The molecule has 1 heterocycles. The van der Waals surface area contributed by atoms with Crippen molar-refractivity contribution in [3.8, 4) is 5.75 Å². The van der Waals surface area contributed by atoms with Crippen molar-refractivity contribution in [2.45, 2.75) is 23.6 Å². The summed E-state index contributed by atoms with van der Waals surface area (Å²) in [7, 11) is -2.58. The molecule has 9 heteroatoms. The second-order valence-electron chi connectivity index (χ2n) is 7.91. The number of halogens is 1. The molecule has 0 bridgehead atoms. The lowest BCUT2D eigenvalue weighted by Crippen LogP contribution is -2.08. The molecule has 3 aromatic carbocycles. The molecule has 4 aromatic rings. The number of nitrogens with two attached hydrogens (primary N) is 1. The summed E-state index contributed by atoms with van der Waals surface area (Å²) < 4.78 is 32.7. The van der Waals surface area contributed by atoms with Gasteiger partial charge in [0.25, 0.3) is 0 Å². The topological polar surface area (TPSA) is 98.5 Å². The van der Waals surface area contributed by atoms with Crippen molar-refractivity contribution >= 4 is 54.9 Å². The predicted molar refractivity (Wildman–Crippen MR) is 141 cm³/mol. The normalized spacial score (nSPS) is 11.3. The fraction of sp³-hybridized carbons (Fsp3) is 0.115. The van der Waals surface area contributed by atoms with Gasteiger partial charge in [-0.05, 0) is 73.5 Å². The van der Waals surface area contributed by atoms with Crippen LogP contribution in [-0.4, -0.2) is 21.3 Å². The summed E-state index contributed by atoms with van der Waals surface area (Å²) in [5, 5.41) is 4.00. The average Bonchev–Trinajstić information content (AvgIpc) is 3.18. The summed E-state index contributed by atoms with van der Waals surface area (Å²) >= 11 is 6.97. The summed E-state index contributed by atoms with van der Waals surface area (Å²) in [5.74, 6) is 0.139. The first-order valence-electron chi connectivity index (χ1n) is 10.6. The maximum Gasteiger partial charge on any atom is 0.211 e. The second-order valence-corrected chi connectivity index (χ2v) is 11.3. The fourth-order valence-corrected chi connectivity index (χ4v) is 6.72. The Balaban J connectivity index is 1.90. The Morgan fingerprint density at radius 2 is 1.57 bits per heavy atom. The molecule has 180 valence electrons. The molecule has 3 N–H and O–H groups in total. The number of benzene rings is 3. The Morgan fingerprint density at radius 3 is 2.14 bits per heavy atom. The third-order valence-corrected chi connectivity index (χ3v) is 8.93. The van der Waals surface area contributed by atoms with Gasteiger partial charge in [0.15, 0.2) is 0 Å². The SMILES string of the molecule is COc1ccc(S(=O)(=O)c2c(Nc3c(C)cccc3C)sc(C(=O)c3ccc(Cl)cc3)c2N)cc1. The highest BCUT2D eigenvalue weighted by molar-refractivity contribution is 7.92. The van der Waals surface area contributed by atoms with Crippen LogP contribution < -0.4 is 15.8 Å². The van der Waals surface area contributed by atoms with Crippen LogP contribution >= 0.6 is 22.9 Å². The molecule has 0 aliphatic heterocycles. The summed E-state index contributed by atoms with van der Waals surface area (Å²) in [5.41, 5.74) is 9.27. The summed E-state index contributed by atoms with van der Waals surface area (Å²) in [6, 6.07) is 18.2. The second kappa shape index (κ2) is 9.73. The molecule has 4 rings (SSSR count). The molecule has 35 heavy (non-hydrogen) atoms. The molecule has 0 amide bonds. The first-order valence-corrected chi connectivity index (χ1v) is 13.3. The molecule has 0 saturated heterocycles. The molecular formula is C26H23ClN2O4S2. The first kappa shape index (κ1) is 24.8.